The molecule has 134 valence electrons. The van der Waals surface area contributed by atoms with E-state index >= 15 is 0 Å². The Bertz CT molecular complexity index is 1020. The van der Waals surface area contributed by atoms with Crippen molar-refractivity contribution in [3.63, 3.8) is 0 Å². The number of halogens is 1. The minimum absolute atomic E-state index is 0.0245. The van der Waals surface area contributed by atoms with Crippen molar-refractivity contribution < 1.29 is 4.79 Å². The number of para-hydroxylation sites is 1. The summed E-state index contributed by atoms with van der Waals surface area (Å²) in [6, 6.07) is 20.9. The molecule has 27 heavy (non-hydrogen) atoms. The fourth-order valence-electron chi connectivity index (χ4n) is 2.58. The number of nitrogens with zero attached hydrogens (tertiary/aromatic N) is 3. The van der Waals surface area contributed by atoms with Gasteiger partial charge in [0.05, 0.1) is 11.4 Å². The average Bonchev–Trinajstić information content (AvgIpc) is 2.99. The van der Waals surface area contributed by atoms with Crippen molar-refractivity contribution in [1.29, 1.82) is 5.26 Å². The fourth-order valence-corrected chi connectivity index (χ4v) is 2.91. The van der Waals surface area contributed by atoms with Crippen LogP contribution in [0.3, 0.4) is 0 Å². The Hall–Kier alpha value is -3.36. The molecular formula is C21H17ClN4O. The van der Waals surface area contributed by atoms with Crippen molar-refractivity contribution in [2.45, 2.75) is 13.5 Å². The van der Waals surface area contributed by atoms with Crippen LogP contribution in [0, 0.1) is 18.3 Å². The van der Waals surface area contributed by atoms with Crippen molar-refractivity contribution in [2.75, 3.05) is 0 Å². The minimum Gasteiger partial charge on any atom is -0.347 e. The lowest BCUT2D eigenvalue weighted by Crippen LogP contribution is -2.23. The number of carbonyl (C=O) groups excluding carboxylic acids is 1. The average molecular weight is 377 g/mol. The van der Waals surface area contributed by atoms with E-state index in [0.29, 0.717) is 23.0 Å². The van der Waals surface area contributed by atoms with E-state index in [1.165, 1.54) is 6.08 Å². The lowest BCUT2D eigenvalue weighted by molar-refractivity contribution is -0.117. The Morgan fingerprint density at radius 3 is 2.44 bits per heavy atom. The van der Waals surface area contributed by atoms with E-state index in [9.17, 15) is 10.1 Å². The number of nitrogens with one attached hydrogen (secondary N) is 1. The van der Waals surface area contributed by atoms with E-state index in [1.807, 2.05) is 66.7 Å². The largest absolute Gasteiger partial charge is 0.347 e. The zero-order chi connectivity index (χ0) is 19.2. The molecule has 5 nitrogen and oxygen atoms in total. The highest BCUT2D eigenvalue weighted by molar-refractivity contribution is 6.31. The molecule has 3 aromatic rings. The molecule has 0 fully saturated rings. The Balaban J connectivity index is 1.84. The molecule has 0 aliphatic carbocycles. The van der Waals surface area contributed by atoms with Crippen LogP contribution in [-0.2, 0) is 11.3 Å². The molecule has 0 atom stereocenters. The molecule has 0 radical (unpaired) electrons. The van der Waals surface area contributed by atoms with E-state index in [4.69, 9.17) is 11.6 Å². The third-order valence-electron chi connectivity index (χ3n) is 4.00. The number of hydrogen-bond acceptors (Lipinski definition) is 3. The van der Waals surface area contributed by atoms with Gasteiger partial charge in [0.15, 0.2) is 0 Å². The summed E-state index contributed by atoms with van der Waals surface area (Å²) in [6.07, 6.45) is 1.48. The van der Waals surface area contributed by atoms with Gasteiger partial charge < -0.3 is 5.32 Å². The highest BCUT2D eigenvalue weighted by Gasteiger charge is 2.16. The quantitative estimate of drug-likeness (QED) is 0.539. The summed E-state index contributed by atoms with van der Waals surface area (Å²) >= 11 is 6.46. The highest BCUT2D eigenvalue weighted by Crippen LogP contribution is 2.25. The molecule has 0 saturated heterocycles. The number of hydrogen-bond donors (Lipinski definition) is 1. The van der Waals surface area contributed by atoms with Crippen LogP contribution in [0.1, 0.15) is 16.8 Å². The molecule has 0 saturated carbocycles. The Labute approximate surface area is 162 Å². The van der Waals surface area contributed by atoms with Gasteiger partial charge in [-0.05, 0) is 30.7 Å². The molecule has 1 heterocycles. The molecular weight excluding hydrogens is 360 g/mol. The molecule has 0 spiro atoms. The van der Waals surface area contributed by atoms with Gasteiger partial charge in [0.25, 0.3) is 5.91 Å². The molecule has 1 amide bonds. The van der Waals surface area contributed by atoms with Crippen LogP contribution in [0.4, 0.5) is 0 Å². The summed E-state index contributed by atoms with van der Waals surface area (Å²) < 4.78 is 1.58. The number of carbonyl (C=O) groups is 1. The number of aryl methyl sites for hydroxylation is 1. The number of nitriles is 1. The molecule has 0 aliphatic heterocycles. The fraction of sp³-hybridized carbons (Fsp3) is 0.0952. The third kappa shape index (κ3) is 4.25. The monoisotopic (exact) mass is 376 g/mol. The van der Waals surface area contributed by atoms with Crippen LogP contribution < -0.4 is 5.32 Å². The zero-order valence-corrected chi connectivity index (χ0v) is 15.4. The van der Waals surface area contributed by atoms with Crippen LogP contribution in [0.15, 0.2) is 66.2 Å². The first-order valence-corrected chi connectivity index (χ1v) is 8.72. The molecule has 1 aromatic heterocycles. The first-order chi connectivity index (χ1) is 13.1. The second-order valence-electron chi connectivity index (χ2n) is 5.88. The van der Waals surface area contributed by atoms with E-state index in [2.05, 4.69) is 10.4 Å². The Kier molecular flexibility index (Phi) is 5.70. The molecule has 0 bridgehead atoms. The highest BCUT2D eigenvalue weighted by atomic mass is 35.5. The van der Waals surface area contributed by atoms with Crippen molar-refractivity contribution in [3.8, 4) is 11.8 Å². The third-order valence-corrected chi connectivity index (χ3v) is 4.36. The predicted molar refractivity (Wildman–Crippen MR) is 105 cm³/mol. The summed E-state index contributed by atoms with van der Waals surface area (Å²) in [6.45, 7) is 2.13. The maximum absolute atomic E-state index is 12.4. The van der Waals surface area contributed by atoms with Gasteiger partial charge >= 0.3 is 0 Å². The number of benzene rings is 2. The lowest BCUT2D eigenvalue weighted by atomic mass is 10.1. The van der Waals surface area contributed by atoms with Crippen molar-refractivity contribution in [1.82, 2.24) is 15.1 Å². The summed E-state index contributed by atoms with van der Waals surface area (Å²) in [5, 5.41) is 16.9. The number of amides is 1. The number of rotatable bonds is 5. The van der Waals surface area contributed by atoms with Crippen molar-refractivity contribution in [2.24, 2.45) is 0 Å². The van der Waals surface area contributed by atoms with Crippen LogP contribution in [0.5, 0.6) is 0 Å². The SMILES string of the molecule is Cc1nn(-c2ccccc2)c(Cl)c1/C=C(/C#N)C(=O)NCc1ccccc1. The maximum Gasteiger partial charge on any atom is 0.262 e. The van der Waals surface area contributed by atoms with E-state index in [0.717, 1.165) is 11.3 Å². The Morgan fingerprint density at radius 1 is 1.19 bits per heavy atom. The predicted octanol–water partition coefficient (Wildman–Crippen LogP) is 4.06. The second kappa shape index (κ2) is 8.35. The minimum atomic E-state index is -0.454. The first-order valence-electron chi connectivity index (χ1n) is 8.34. The maximum atomic E-state index is 12.4. The normalized spacial score (nSPS) is 11.1. The van der Waals surface area contributed by atoms with Crippen molar-refractivity contribution in [3.05, 3.63) is 88.2 Å². The summed E-state index contributed by atoms with van der Waals surface area (Å²) in [5.41, 5.74) is 2.91. The topological polar surface area (TPSA) is 70.7 Å². The van der Waals surface area contributed by atoms with Gasteiger partial charge in [-0.1, -0.05) is 60.1 Å². The molecule has 3 rings (SSSR count). The summed E-state index contributed by atoms with van der Waals surface area (Å²) in [7, 11) is 0. The van der Waals surface area contributed by atoms with E-state index < -0.39 is 5.91 Å². The van der Waals surface area contributed by atoms with Gasteiger partial charge in [-0.15, -0.1) is 0 Å². The van der Waals surface area contributed by atoms with E-state index in [1.54, 1.807) is 11.6 Å². The van der Waals surface area contributed by atoms with Gasteiger partial charge in [-0.3, -0.25) is 4.79 Å². The standard InChI is InChI=1S/C21H17ClN4O/c1-15-19(20(22)26(25-15)18-10-6-3-7-11-18)12-17(13-23)21(27)24-14-16-8-4-2-5-9-16/h2-12H,14H2,1H3,(H,24,27)/b17-12-. The number of aromatic nitrogens is 2. The van der Waals surface area contributed by atoms with Crippen LogP contribution in [-0.4, -0.2) is 15.7 Å². The van der Waals surface area contributed by atoms with E-state index in [-0.39, 0.29) is 5.57 Å². The van der Waals surface area contributed by atoms with Gasteiger partial charge in [0.1, 0.15) is 16.8 Å². The van der Waals surface area contributed by atoms with Gasteiger partial charge in [0, 0.05) is 12.1 Å². The summed E-state index contributed by atoms with van der Waals surface area (Å²) in [5.74, 6) is -0.454. The van der Waals surface area contributed by atoms with Crippen LogP contribution >= 0.6 is 11.6 Å². The molecule has 0 aliphatic rings. The second-order valence-corrected chi connectivity index (χ2v) is 6.23. The smallest absolute Gasteiger partial charge is 0.262 e. The zero-order valence-electron chi connectivity index (χ0n) is 14.7. The van der Waals surface area contributed by atoms with Gasteiger partial charge in [0.2, 0.25) is 0 Å². The Morgan fingerprint density at radius 2 is 1.81 bits per heavy atom. The van der Waals surface area contributed by atoms with Crippen LogP contribution in [0.2, 0.25) is 5.15 Å². The molecule has 0 unspecified atom stereocenters. The lowest BCUT2D eigenvalue weighted by Gasteiger charge is -2.04. The van der Waals surface area contributed by atoms with Crippen LogP contribution in [0.25, 0.3) is 11.8 Å². The van der Waals surface area contributed by atoms with Gasteiger partial charge in [-0.25, -0.2) is 4.68 Å². The summed E-state index contributed by atoms with van der Waals surface area (Å²) in [4.78, 5) is 12.4. The van der Waals surface area contributed by atoms with Gasteiger partial charge in [-0.2, -0.15) is 10.4 Å². The molecule has 1 N–H and O–H groups in total. The van der Waals surface area contributed by atoms with Crippen molar-refractivity contribution >= 4 is 23.6 Å². The molecule has 2 aromatic carbocycles. The molecule has 6 heteroatoms. The first kappa shape index (κ1) is 18.4.